The van der Waals surface area contributed by atoms with Crippen LogP contribution in [0, 0.1) is 0 Å². The molecule has 0 saturated carbocycles. The zero-order valence-corrected chi connectivity index (χ0v) is 24.7. The molecule has 44 heavy (non-hydrogen) atoms. The van der Waals surface area contributed by atoms with E-state index in [-0.39, 0.29) is 59.8 Å². The van der Waals surface area contributed by atoms with Gasteiger partial charge in [0.1, 0.15) is 23.0 Å². The molecule has 1 unspecified atom stereocenters. The number of aromatic hydroxyl groups is 4. The number of carbonyl (C=O) groups is 1. The molecule has 0 amide bonds. The van der Waals surface area contributed by atoms with Crippen LogP contribution in [0.2, 0.25) is 0 Å². The molecule has 8 heteroatoms. The molecule has 230 valence electrons. The Morgan fingerprint density at radius 3 is 2.05 bits per heavy atom. The van der Waals surface area contributed by atoms with Crippen molar-refractivity contribution in [3.05, 3.63) is 119 Å². The molecule has 1 aliphatic heterocycles. The highest BCUT2D eigenvalue weighted by molar-refractivity contribution is 5.99. The van der Waals surface area contributed by atoms with Gasteiger partial charge >= 0.3 is 0 Å². The summed E-state index contributed by atoms with van der Waals surface area (Å²) in [6.07, 6.45) is 1.77. The van der Waals surface area contributed by atoms with Crippen LogP contribution < -0.4 is 5.32 Å². The number of phenolic OH excluding ortho intramolecular Hbond substituents is 4. The lowest BCUT2D eigenvalue weighted by atomic mass is 9.64. The average Bonchev–Trinajstić information content (AvgIpc) is 3.04. The van der Waals surface area contributed by atoms with Crippen LogP contribution in [0.3, 0.4) is 0 Å². The molecule has 0 aromatic heterocycles. The molecule has 0 aliphatic carbocycles. The number of benzene rings is 4. The zero-order chi connectivity index (χ0) is 31.1. The first-order chi connectivity index (χ1) is 21.4. The Hall–Kier alpha value is -4.37. The molecule has 0 bridgehead atoms. The average molecular weight is 597 g/mol. The topological polar surface area (TPSA) is 133 Å². The second-order valence-corrected chi connectivity index (χ2v) is 11.4. The number of nitrogens with zero attached hydrogens (tertiary/aromatic N) is 1. The van der Waals surface area contributed by atoms with Gasteiger partial charge in [-0.3, -0.25) is 9.69 Å². The minimum atomic E-state index is -1.40. The van der Waals surface area contributed by atoms with Gasteiger partial charge in [-0.1, -0.05) is 66.7 Å². The van der Waals surface area contributed by atoms with E-state index < -0.39 is 5.41 Å². The van der Waals surface area contributed by atoms with Crippen LogP contribution in [0.4, 0.5) is 0 Å². The summed E-state index contributed by atoms with van der Waals surface area (Å²) in [5, 5.41) is 58.1. The first kappa shape index (κ1) is 31.1. The summed E-state index contributed by atoms with van der Waals surface area (Å²) in [6, 6.07) is 25.5. The Kier molecular flexibility index (Phi) is 9.85. The minimum absolute atomic E-state index is 0.0289. The van der Waals surface area contributed by atoms with Crippen LogP contribution in [0.5, 0.6) is 23.0 Å². The Morgan fingerprint density at radius 2 is 1.41 bits per heavy atom. The zero-order valence-electron chi connectivity index (χ0n) is 24.7. The number of aliphatic hydroxyl groups is 1. The van der Waals surface area contributed by atoms with Crippen molar-refractivity contribution in [1.29, 1.82) is 0 Å². The molecule has 1 aliphatic rings. The monoisotopic (exact) mass is 596 g/mol. The second-order valence-electron chi connectivity index (χ2n) is 11.4. The SMILES string of the molecule is O=C(CCN1CCNCC1CCCO)c1cccc(C(Cc2ccccc2O)(c2ccccc2O)c2ccccc2O)c1O. The van der Waals surface area contributed by atoms with Crippen molar-refractivity contribution >= 4 is 5.78 Å². The smallest absolute Gasteiger partial charge is 0.167 e. The fraction of sp³-hybridized carbons (Fsp3) is 0.306. The molecular weight excluding hydrogens is 556 g/mol. The highest BCUT2D eigenvalue weighted by Gasteiger charge is 2.43. The fourth-order valence-electron chi connectivity index (χ4n) is 6.54. The normalized spacial score (nSPS) is 15.7. The molecule has 4 aromatic rings. The van der Waals surface area contributed by atoms with E-state index in [4.69, 9.17) is 0 Å². The van der Waals surface area contributed by atoms with E-state index in [9.17, 15) is 30.3 Å². The predicted octanol–water partition coefficient (Wildman–Crippen LogP) is 4.71. The van der Waals surface area contributed by atoms with Gasteiger partial charge in [-0.2, -0.15) is 0 Å². The van der Waals surface area contributed by atoms with Crippen molar-refractivity contribution in [2.75, 3.05) is 32.8 Å². The first-order valence-electron chi connectivity index (χ1n) is 15.1. The molecule has 6 N–H and O–H groups in total. The molecule has 4 aromatic carbocycles. The third kappa shape index (κ3) is 6.28. The van der Waals surface area contributed by atoms with Gasteiger partial charge in [0.25, 0.3) is 0 Å². The highest BCUT2D eigenvalue weighted by atomic mass is 16.3. The summed E-state index contributed by atoms with van der Waals surface area (Å²) in [6.45, 7) is 3.05. The van der Waals surface area contributed by atoms with E-state index in [2.05, 4.69) is 10.2 Å². The number of para-hydroxylation sites is 4. The number of hydrogen-bond acceptors (Lipinski definition) is 8. The molecule has 0 spiro atoms. The summed E-state index contributed by atoms with van der Waals surface area (Å²) in [5.74, 6) is -0.558. The quantitative estimate of drug-likeness (QED) is 0.102. The fourth-order valence-corrected chi connectivity index (χ4v) is 6.54. The molecule has 1 saturated heterocycles. The van der Waals surface area contributed by atoms with E-state index >= 15 is 0 Å². The van der Waals surface area contributed by atoms with Gasteiger partial charge in [0, 0.05) is 61.9 Å². The number of phenols is 4. The summed E-state index contributed by atoms with van der Waals surface area (Å²) < 4.78 is 0. The third-order valence-electron chi connectivity index (χ3n) is 8.76. The van der Waals surface area contributed by atoms with E-state index in [0.29, 0.717) is 35.2 Å². The second kappa shape index (κ2) is 13.9. The van der Waals surface area contributed by atoms with E-state index in [1.165, 1.54) is 0 Å². The van der Waals surface area contributed by atoms with E-state index in [1.54, 1.807) is 91.0 Å². The summed E-state index contributed by atoms with van der Waals surface area (Å²) >= 11 is 0. The van der Waals surface area contributed by atoms with Crippen molar-refractivity contribution < 1.29 is 30.3 Å². The van der Waals surface area contributed by atoms with Gasteiger partial charge in [0.2, 0.25) is 0 Å². The van der Waals surface area contributed by atoms with Crippen LogP contribution in [-0.2, 0) is 11.8 Å². The van der Waals surface area contributed by atoms with Gasteiger partial charge in [-0.15, -0.1) is 0 Å². The molecule has 5 rings (SSSR count). The largest absolute Gasteiger partial charge is 0.508 e. The number of nitrogens with one attached hydrogen (secondary N) is 1. The molecular formula is C36H40N2O6. The summed E-state index contributed by atoms with van der Waals surface area (Å²) in [7, 11) is 0. The van der Waals surface area contributed by atoms with Gasteiger partial charge in [-0.05, 0) is 49.1 Å². The maximum atomic E-state index is 13.7. The molecule has 1 heterocycles. The van der Waals surface area contributed by atoms with Crippen molar-refractivity contribution in [3.63, 3.8) is 0 Å². The van der Waals surface area contributed by atoms with Crippen LogP contribution in [0.1, 0.15) is 51.9 Å². The predicted molar refractivity (Wildman–Crippen MR) is 170 cm³/mol. The Labute approximate surface area is 257 Å². The van der Waals surface area contributed by atoms with Gasteiger partial charge in [0.15, 0.2) is 5.78 Å². The summed E-state index contributed by atoms with van der Waals surface area (Å²) in [4.78, 5) is 16.0. The van der Waals surface area contributed by atoms with Crippen LogP contribution in [-0.4, -0.2) is 75.0 Å². The molecule has 1 atom stereocenters. The third-order valence-corrected chi connectivity index (χ3v) is 8.76. The minimum Gasteiger partial charge on any atom is -0.508 e. The van der Waals surface area contributed by atoms with E-state index in [0.717, 1.165) is 26.1 Å². The number of rotatable bonds is 12. The number of Topliss-reactive ketones (excluding diaryl/α,β-unsaturated/α-hetero) is 1. The van der Waals surface area contributed by atoms with Crippen molar-refractivity contribution in [3.8, 4) is 23.0 Å². The maximum absolute atomic E-state index is 13.7. The Morgan fingerprint density at radius 1 is 0.795 bits per heavy atom. The van der Waals surface area contributed by atoms with Crippen LogP contribution in [0.15, 0.2) is 91.0 Å². The standard InChI is InChI=1S/C36H40N2O6/c39-22-8-10-26-24-37-19-21-38(26)20-18-32(41)27-11-7-14-30(35(27)44)36(28-12-2-5-16-33(28)42,29-13-3-6-17-34(29)43)23-25-9-1-4-15-31(25)40/h1-7,9,11-17,26,37,39-40,42-44H,8,10,18-24H2. The van der Waals surface area contributed by atoms with Crippen molar-refractivity contribution in [2.45, 2.75) is 37.1 Å². The Balaban J connectivity index is 1.62. The van der Waals surface area contributed by atoms with Crippen LogP contribution >= 0.6 is 0 Å². The number of ketones is 1. The number of aliphatic hydroxyl groups excluding tert-OH is 1. The maximum Gasteiger partial charge on any atom is 0.167 e. The molecule has 1 fully saturated rings. The van der Waals surface area contributed by atoms with Gasteiger partial charge in [0.05, 0.1) is 11.0 Å². The number of hydrogen-bond donors (Lipinski definition) is 6. The molecule has 0 radical (unpaired) electrons. The van der Waals surface area contributed by atoms with E-state index in [1.807, 2.05) is 0 Å². The van der Waals surface area contributed by atoms with Gasteiger partial charge < -0.3 is 30.8 Å². The Bertz CT molecular complexity index is 1540. The lowest BCUT2D eigenvalue weighted by Crippen LogP contribution is -2.51. The number of piperazine rings is 1. The number of carbonyl (C=O) groups excluding carboxylic acids is 1. The van der Waals surface area contributed by atoms with Crippen LogP contribution in [0.25, 0.3) is 0 Å². The summed E-state index contributed by atoms with van der Waals surface area (Å²) in [5.41, 5.74) is 0.399. The molecule has 8 nitrogen and oxygen atoms in total. The lowest BCUT2D eigenvalue weighted by Gasteiger charge is -2.38. The van der Waals surface area contributed by atoms with Crippen molar-refractivity contribution in [2.24, 2.45) is 0 Å². The van der Waals surface area contributed by atoms with Gasteiger partial charge in [-0.25, -0.2) is 0 Å². The highest BCUT2D eigenvalue weighted by Crippen LogP contribution is 2.51. The van der Waals surface area contributed by atoms with Crippen molar-refractivity contribution in [1.82, 2.24) is 10.2 Å². The lowest BCUT2D eigenvalue weighted by molar-refractivity contribution is 0.0922. The first-order valence-corrected chi connectivity index (χ1v) is 15.1.